The van der Waals surface area contributed by atoms with E-state index in [1.165, 1.54) is 0 Å². The zero-order valence-electron chi connectivity index (χ0n) is 18.0. The fraction of sp³-hybridized carbons (Fsp3) is 0.348. The van der Waals surface area contributed by atoms with Gasteiger partial charge in [0, 0.05) is 36.6 Å². The fourth-order valence-corrected chi connectivity index (χ4v) is 4.42. The number of nitrogens with zero attached hydrogens (tertiary/aromatic N) is 3. The highest BCUT2D eigenvalue weighted by Crippen LogP contribution is 2.27. The lowest BCUT2D eigenvalue weighted by Crippen LogP contribution is -2.42. The highest BCUT2D eigenvalue weighted by Gasteiger charge is 2.23. The number of nitrogens with one attached hydrogen (secondary N) is 3. The number of benzene rings is 2. The van der Waals surface area contributed by atoms with Crippen LogP contribution in [0, 0.1) is 0 Å². The second-order valence-electron chi connectivity index (χ2n) is 8.20. The number of fused-ring (bicyclic) bond motifs is 1. The third-order valence-corrected chi connectivity index (χ3v) is 6.13. The third kappa shape index (κ3) is 5.34. The molecule has 0 unspecified atom stereocenters. The van der Waals surface area contributed by atoms with Gasteiger partial charge in [-0.1, -0.05) is 35.3 Å². The van der Waals surface area contributed by atoms with Gasteiger partial charge in [0.05, 0.1) is 16.2 Å². The van der Waals surface area contributed by atoms with Crippen LogP contribution in [0.25, 0.3) is 10.9 Å². The molecule has 7 nitrogen and oxygen atoms in total. The molecule has 0 spiro atoms. The number of anilines is 3. The van der Waals surface area contributed by atoms with Crippen LogP contribution in [0.2, 0.25) is 10.0 Å². The van der Waals surface area contributed by atoms with Crippen LogP contribution in [0.5, 0.6) is 0 Å². The molecule has 3 N–H and O–H groups in total. The van der Waals surface area contributed by atoms with Gasteiger partial charge in [0.1, 0.15) is 5.82 Å². The van der Waals surface area contributed by atoms with E-state index in [1.54, 1.807) is 18.2 Å². The molecule has 3 aromatic rings. The number of rotatable bonds is 5. The highest BCUT2D eigenvalue weighted by molar-refractivity contribution is 6.36. The summed E-state index contributed by atoms with van der Waals surface area (Å²) in [5, 5.41) is 11.3. The van der Waals surface area contributed by atoms with Gasteiger partial charge in [0.2, 0.25) is 5.95 Å². The van der Waals surface area contributed by atoms with E-state index in [9.17, 15) is 4.79 Å². The lowest BCUT2D eigenvalue weighted by Gasteiger charge is -2.30. The first kappa shape index (κ1) is 22.4. The second kappa shape index (κ2) is 9.79. The molecule has 32 heavy (non-hydrogen) atoms. The molecule has 1 aliphatic rings. The molecule has 4 rings (SSSR count). The number of halogens is 2. The Morgan fingerprint density at radius 1 is 1.00 bits per heavy atom. The summed E-state index contributed by atoms with van der Waals surface area (Å²) < 4.78 is 0. The average molecular weight is 473 g/mol. The molecule has 0 saturated heterocycles. The SMILES string of the molecule is CN(C)c1nc(NC2CCC(NC(=O)Nc3ccc(Cl)cc3Cl)CC2)nc2ccccc12. The van der Waals surface area contributed by atoms with Gasteiger partial charge in [-0.15, -0.1) is 0 Å². The van der Waals surface area contributed by atoms with Crippen LogP contribution < -0.4 is 20.9 Å². The van der Waals surface area contributed by atoms with Gasteiger partial charge in [-0.05, 0) is 56.0 Å². The van der Waals surface area contributed by atoms with Crippen LogP contribution >= 0.6 is 23.2 Å². The third-order valence-electron chi connectivity index (χ3n) is 5.58. The van der Waals surface area contributed by atoms with Crippen molar-refractivity contribution in [3.05, 3.63) is 52.5 Å². The van der Waals surface area contributed by atoms with Crippen LogP contribution in [0.15, 0.2) is 42.5 Å². The minimum absolute atomic E-state index is 0.106. The van der Waals surface area contributed by atoms with E-state index in [2.05, 4.69) is 16.0 Å². The van der Waals surface area contributed by atoms with Crippen molar-refractivity contribution in [2.45, 2.75) is 37.8 Å². The standard InChI is InChI=1S/C23H26Cl2N6O/c1-31(2)21-17-5-3-4-6-19(17)28-22(30-21)26-15-8-10-16(11-9-15)27-23(32)29-20-12-7-14(24)13-18(20)25/h3-7,12-13,15-16H,8-11H2,1-2H3,(H,26,28,30)(H2,27,29,32). The lowest BCUT2D eigenvalue weighted by molar-refractivity contribution is 0.243. The molecule has 0 aliphatic heterocycles. The largest absolute Gasteiger partial charge is 0.362 e. The molecule has 2 amide bonds. The minimum atomic E-state index is -0.265. The summed E-state index contributed by atoms with van der Waals surface area (Å²) in [4.78, 5) is 23.8. The van der Waals surface area contributed by atoms with Crippen LogP contribution in [-0.2, 0) is 0 Å². The van der Waals surface area contributed by atoms with Gasteiger partial charge in [-0.3, -0.25) is 0 Å². The molecule has 0 radical (unpaired) electrons. The maximum absolute atomic E-state index is 12.4. The first-order valence-corrected chi connectivity index (χ1v) is 11.4. The zero-order valence-corrected chi connectivity index (χ0v) is 19.5. The fourth-order valence-electron chi connectivity index (χ4n) is 3.96. The van der Waals surface area contributed by atoms with Crippen LogP contribution in [0.1, 0.15) is 25.7 Å². The summed E-state index contributed by atoms with van der Waals surface area (Å²) in [6.45, 7) is 0. The molecule has 1 fully saturated rings. The quantitative estimate of drug-likeness (QED) is 0.453. The second-order valence-corrected chi connectivity index (χ2v) is 9.04. The van der Waals surface area contributed by atoms with Crippen molar-refractivity contribution in [1.82, 2.24) is 15.3 Å². The Morgan fingerprint density at radius 2 is 1.72 bits per heavy atom. The van der Waals surface area contributed by atoms with E-state index in [1.807, 2.05) is 43.3 Å². The van der Waals surface area contributed by atoms with Crippen molar-refractivity contribution in [2.24, 2.45) is 0 Å². The van der Waals surface area contributed by atoms with Crippen molar-refractivity contribution >= 4 is 57.6 Å². The molecule has 1 heterocycles. The van der Waals surface area contributed by atoms with E-state index in [0.717, 1.165) is 42.4 Å². The first-order chi connectivity index (χ1) is 15.4. The average Bonchev–Trinajstić information content (AvgIpc) is 2.76. The topological polar surface area (TPSA) is 82.2 Å². The van der Waals surface area contributed by atoms with Gasteiger partial charge < -0.3 is 20.9 Å². The maximum Gasteiger partial charge on any atom is 0.319 e. The zero-order chi connectivity index (χ0) is 22.7. The number of carbonyl (C=O) groups is 1. The van der Waals surface area contributed by atoms with E-state index < -0.39 is 0 Å². The normalized spacial score (nSPS) is 18.2. The predicted octanol–water partition coefficient (Wildman–Crippen LogP) is 5.55. The Bertz CT molecular complexity index is 1110. The van der Waals surface area contributed by atoms with E-state index in [4.69, 9.17) is 33.2 Å². The van der Waals surface area contributed by atoms with Gasteiger partial charge in [-0.2, -0.15) is 4.98 Å². The van der Waals surface area contributed by atoms with Crippen LogP contribution in [-0.4, -0.2) is 42.2 Å². The Hall–Kier alpha value is -2.77. The summed E-state index contributed by atoms with van der Waals surface area (Å²) in [6, 6.07) is 13.1. The van der Waals surface area contributed by atoms with Crippen molar-refractivity contribution < 1.29 is 4.79 Å². The van der Waals surface area contributed by atoms with Crippen LogP contribution in [0.3, 0.4) is 0 Å². The monoisotopic (exact) mass is 472 g/mol. The Labute approximate surface area is 197 Å². The number of urea groups is 1. The van der Waals surface area contributed by atoms with Gasteiger partial charge in [-0.25, -0.2) is 9.78 Å². The van der Waals surface area contributed by atoms with Gasteiger partial charge >= 0.3 is 6.03 Å². The Kier molecular flexibility index (Phi) is 6.86. The molecule has 0 atom stereocenters. The lowest BCUT2D eigenvalue weighted by atomic mass is 9.91. The van der Waals surface area contributed by atoms with Crippen molar-refractivity contribution in [3.8, 4) is 0 Å². The molecule has 1 saturated carbocycles. The molecular weight excluding hydrogens is 447 g/mol. The molecule has 2 aromatic carbocycles. The van der Waals surface area contributed by atoms with Crippen LogP contribution in [0.4, 0.5) is 22.2 Å². The number of para-hydroxylation sites is 1. The molecule has 9 heteroatoms. The smallest absolute Gasteiger partial charge is 0.319 e. The Morgan fingerprint density at radius 3 is 2.44 bits per heavy atom. The summed E-state index contributed by atoms with van der Waals surface area (Å²) >= 11 is 12.0. The molecular formula is C23H26Cl2N6O. The molecule has 1 aliphatic carbocycles. The van der Waals surface area contributed by atoms with Crippen molar-refractivity contribution in [1.29, 1.82) is 0 Å². The number of amides is 2. The van der Waals surface area contributed by atoms with E-state index in [-0.39, 0.29) is 18.1 Å². The first-order valence-electron chi connectivity index (χ1n) is 10.6. The Balaban J connectivity index is 1.32. The van der Waals surface area contributed by atoms with E-state index in [0.29, 0.717) is 21.7 Å². The van der Waals surface area contributed by atoms with Crippen molar-refractivity contribution in [2.75, 3.05) is 29.6 Å². The predicted molar refractivity (Wildman–Crippen MR) is 132 cm³/mol. The number of hydrogen-bond acceptors (Lipinski definition) is 5. The number of hydrogen-bond donors (Lipinski definition) is 3. The van der Waals surface area contributed by atoms with E-state index >= 15 is 0 Å². The molecule has 0 bridgehead atoms. The molecule has 1 aromatic heterocycles. The highest BCUT2D eigenvalue weighted by atomic mass is 35.5. The van der Waals surface area contributed by atoms with Gasteiger partial charge in [0.15, 0.2) is 0 Å². The molecule has 168 valence electrons. The number of carbonyl (C=O) groups excluding carboxylic acids is 1. The van der Waals surface area contributed by atoms with Crippen molar-refractivity contribution in [3.63, 3.8) is 0 Å². The summed E-state index contributed by atoms with van der Waals surface area (Å²) in [7, 11) is 3.97. The minimum Gasteiger partial charge on any atom is -0.362 e. The maximum atomic E-state index is 12.4. The summed E-state index contributed by atoms with van der Waals surface area (Å²) in [5.74, 6) is 1.53. The summed E-state index contributed by atoms with van der Waals surface area (Å²) in [6.07, 6.45) is 3.57. The van der Waals surface area contributed by atoms with Gasteiger partial charge in [0.25, 0.3) is 0 Å². The summed E-state index contributed by atoms with van der Waals surface area (Å²) in [5.41, 5.74) is 1.45. The number of aromatic nitrogens is 2.